The van der Waals surface area contributed by atoms with Crippen LogP contribution in [-0.4, -0.2) is 36.7 Å². The normalized spacial score (nSPS) is 23.2. The monoisotopic (exact) mass is 391 g/mol. The van der Waals surface area contributed by atoms with Gasteiger partial charge in [0.05, 0.1) is 25.1 Å². The number of ether oxygens (including phenoxy) is 1. The molecule has 2 amide bonds. The van der Waals surface area contributed by atoms with Gasteiger partial charge in [-0.25, -0.2) is 0 Å². The standard InChI is InChI=1S/C21H33N3O4/c1-12(2)15-7-5-13(3)9-16(15)20(26)23-18-8-6-14(28-4)10-19(18)24-21(27)17(22)11-25/h6,8,10,12-13,15-17,25H,5,7,9,11,22H2,1-4H3,(H,23,26)(H,24,27)/t13-,15+,16-,17+/m1/s1. The molecule has 2 rings (SSSR count). The Morgan fingerprint density at radius 1 is 1.25 bits per heavy atom. The fourth-order valence-corrected chi connectivity index (χ4v) is 3.90. The highest BCUT2D eigenvalue weighted by atomic mass is 16.5. The fraction of sp³-hybridized carbons (Fsp3) is 0.619. The second kappa shape index (κ2) is 9.89. The number of aliphatic hydroxyl groups excluding tert-OH is 1. The average molecular weight is 392 g/mol. The summed E-state index contributed by atoms with van der Waals surface area (Å²) in [7, 11) is 1.52. The number of carbonyl (C=O) groups excluding carboxylic acids is 2. The fourth-order valence-electron chi connectivity index (χ4n) is 3.90. The van der Waals surface area contributed by atoms with Gasteiger partial charge in [-0.2, -0.15) is 0 Å². The third-order valence-corrected chi connectivity index (χ3v) is 5.63. The molecule has 0 unspecified atom stereocenters. The number of hydrogen-bond donors (Lipinski definition) is 4. The van der Waals surface area contributed by atoms with E-state index in [2.05, 4.69) is 31.4 Å². The molecule has 5 N–H and O–H groups in total. The zero-order valence-electron chi connectivity index (χ0n) is 17.2. The lowest BCUT2D eigenvalue weighted by Gasteiger charge is -2.36. The average Bonchev–Trinajstić information content (AvgIpc) is 2.67. The first-order valence-electron chi connectivity index (χ1n) is 9.93. The van der Waals surface area contributed by atoms with Gasteiger partial charge in [0.15, 0.2) is 0 Å². The first kappa shape index (κ1) is 22.2. The Hall–Kier alpha value is -2.12. The largest absolute Gasteiger partial charge is 0.497 e. The topological polar surface area (TPSA) is 114 Å². The predicted octanol–water partition coefficient (Wildman–Crippen LogP) is 2.60. The van der Waals surface area contributed by atoms with E-state index in [1.54, 1.807) is 18.2 Å². The van der Waals surface area contributed by atoms with Crippen LogP contribution in [0, 0.1) is 23.7 Å². The SMILES string of the molecule is COc1ccc(NC(=O)[C@@H]2C[C@H](C)CC[C@H]2C(C)C)c(NC(=O)[C@@H](N)CO)c1. The first-order chi connectivity index (χ1) is 13.3. The molecule has 1 aliphatic carbocycles. The van der Waals surface area contributed by atoms with Crippen LogP contribution in [0.15, 0.2) is 18.2 Å². The van der Waals surface area contributed by atoms with Crippen LogP contribution in [0.4, 0.5) is 11.4 Å². The van der Waals surface area contributed by atoms with E-state index in [9.17, 15) is 9.59 Å². The summed E-state index contributed by atoms with van der Waals surface area (Å²) in [5.74, 6) is 1.21. The number of aliphatic hydroxyl groups is 1. The molecule has 1 aliphatic rings. The first-order valence-corrected chi connectivity index (χ1v) is 9.93. The molecular weight excluding hydrogens is 358 g/mol. The van der Waals surface area contributed by atoms with E-state index in [0.29, 0.717) is 34.9 Å². The lowest BCUT2D eigenvalue weighted by Crippen LogP contribution is -2.39. The van der Waals surface area contributed by atoms with Crippen LogP contribution in [0.5, 0.6) is 5.75 Å². The minimum absolute atomic E-state index is 0.0302. The second-order valence-corrected chi connectivity index (χ2v) is 8.11. The highest BCUT2D eigenvalue weighted by molar-refractivity contribution is 6.02. The second-order valence-electron chi connectivity index (χ2n) is 8.11. The van der Waals surface area contributed by atoms with Crippen molar-refractivity contribution in [2.24, 2.45) is 29.4 Å². The molecular formula is C21H33N3O4. The molecule has 0 aromatic heterocycles. The smallest absolute Gasteiger partial charge is 0.243 e. The molecule has 1 aromatic rings. The van der Waals surface area contributed by atoms with Crippen LogP contribution < -0.4 is 21.1 Å². The Bertz CT molecular complexity index is 692. The molecule has 1 aromatic carbocycles. The van der Waals surface area contributed by atoms with Crippen molar-refractivity contribution < 1.29 is 19.4 Å². The van der Waals surface area contributed by atoms with E-state index in [1.807, 2.05) is 0 Å². The van der Waals surface area contributed by atoms with Crippen molar-refractivity contribution >= 4 is 23.2 Å². The Morgan fingerprint density at radius 3 is 2.57 bits per heavy atom. The third kappa shape index (κ3) is 5.45. The minimum Gasteiger partial charge on any atom is -0.497 e. The summed E-state index contributed by atoms with van der Waals surface area (Å²) in [5.41, 5.74) is 6.47. The third-order valence-electron chi connectivity index (χ3n) is 5.63. The van der Waals surface area contributed by atoms with Crippen molar-refractivity contribution in [3.05, 3.63) is 18.2 Å². The zero-order chi connectivity index (χ0) is 20.8. The number of benzene rings is 1. The molecule has 156 valence electrons. The summed E-state index contributed by atoms with van der Waals surface area (Å²) >= 11 is 0. The van der Waals surface area contributed by atoms with Gasteiger partial charge in [0.2, 0.25) is 11.8 Å². The molecule has 7 heteroatoms. The Balaban J connectivity index is 2.23. The van der Waals surface area contributed by atoms with Crippen LogP contribution in [0.3, 0.4) is 0 Å². The Morgan fingerprint density at radius 2 is 1.96 bits per heavy atom. The van der Waals surface area contributed by atoms with Gasteiger partial charge in [-0.15, -0.1) is 0 Å². The van der Waals surface area contributed by atoms with Crippen LogP contribution >= 0.6 is 0 Å². The molecule has 4 atom stereocenters. The van der Waals surface area contributed by atoms with E-state index >= 15 is 0 Å². The van der Waals surface area contributed by atoms with E-state index in [0.717, 1.165) is 19.3 Å². The van der Waals surface area contributed by atoms with E-state index in [1.165, 1.54) is 7.11 Å². The minimum atomic E-state index is -1.04. The van der Waals surface area contributed by atoms with Gasteiger partial charge in [-0.3, -0.25) is 9.59 Å². The quantitative estimate of drug-likeness (QED) is 0.570. The van der Waals surface area contributed by atoms with Gasteiger partial charge in [0.25, 0.3) is 0 Å². The van der Waals surface area contributed by atoms with E-state index < -0.39 is 18.6 Å². The molecule has 0 aliphatic heterocycles. The zero-order valence-corrected chi connectivity index (χ0v) is 17.2. The predicted molar refractivity (Wildman–Crippen MR) is 110 cm³/mol. The molecule has 1 saturated carbocycles. The molecule has 1 fully saturated rings. The molecule has 0 saturated heterocycles. The lowest BCUT2D eigenvalue weighted by molar-refractivity contribution is -0.124. The maximum atomic E-state index is 13.1. The number of hydrogen-bond acceptors (Lipinski definition) is 5. The van der Waals surface area contributed by atoms with Gasteiger partial charge in [-0.05, 0) is 42.7 Å². The summed E-state index contributed by atoms with van der Waals surface area (Å²) in [6.45, 7) is 6.05. The highest BCUT2D eigenvalue weighted by Gasteiger charge is 2.35. The summed E-state index contributed by atoms with van der Waals surface area (Å²) in [4.78, 5) is 25.2. The van der Waals surface area contributed by atoms with Crippen molar-refractivity contribution in [3.8, 4) is 5.75 Å². The van der Waals surface area contributed by atoms with Crippen LogP contribution in [0.25, 0.3) is 0 Å². The summed E-state index contributed by atoms with van der Waals surface area (Å²) in [6, 6.07) is 4.01. The Labute approximate surface area is 167 Å². The van der Waals surface area contributed by atoms with Crippen LogP contribution in [-0.2, 0) is 9.59 Å². The van der Waals surface area contributed by atoms with Gasteiger partial charge in [0, 0.05) is 12.0 Å². The molecule has 0 radical (unpaired) electrons. The summed E-state index contributed by atoms with van der Waals surface area (Å²) in [6.07, 6.45) is 3.06. The van der Waals surface area contributed by atoms with Gasteiger partial charge in [-0.1, -0.05) is 27.2 Å². The lowest BCUT2D eigenvalue weighted by atomic mass is 9.70. The number of nitrogens with one attached hydrogen (secondary N) is 2. The Kier molecular flexibility index (Phi) is 7.83. The van der Waals surface area contributed by atoms with Crippen molar-refractivity contribution in [3.63, 3.8) is 0 Å². The van der Waals surface area contributed by atoms with Crippen molar-refractivity contribution in [1.82, 2.24) is 0 Å². The van der Waals surface area contributed by atoms with Crippen molar-refractivity contribution in [1.29, 1.82) is 0 Å². The molecule has 7 nitrogen and oxygen atoms in total. The number of carbonyl (C=O) groups is 2. The number of nitrogens with two attached hydrogens (primary N) is 1. The van der Waals surface area contributed by atoms with Crippen molar-refractivity contribution in [2.75, 3.05) is 24.4 Å². The van der Waals surface area contributed by atoms with Gasteiger partial charge in [0.1, 0.15) is 11.8 Å². The van der Waals surface area contributed by atoms with E-state index in [-0.39, 0.29) is 11.8 Å². The maximum absolute atomic E-state index is 13.1. The number of amides is 2. The summed E-state index contributed by atoms with van der Waals surface area (Å²) in [5, 5.41) is 14.7. The van der Waals surface area contributed by atoms with Crippen LogP contribution in [0.1, 0.15) is 40.0 Å². The van der Waals surface area contributed by atoms with Gasteiger partial charge < -0.3 is 26.2 Å². The van der Waals surface area contributed by atoms with E-state index in [4.69, 9.17) is 15.6 Å². The van der Waals surface area contributed by atoms with Gasteiger partial charge >= 0.3 is 0 Å². The van der Waals surface area contributed by atoms with Crippen LogP contribution in [0.2, 0.25) is 0 Å². The summed E-state index contributed by atoms with van der Waals surface area (Å²) < 4.78 is 5.22. The number of rotatable bonds is 7. The molecule has 0 bridgehead atoms. The molecule has 28 heavy (non-hydrogen) atoms. The number of methoxy groups -OCH3 is 1. The molecule has 0 heterocycles. The maximum Gasteiger partial charge on any atom is 0.243 e. The van der Waals surface area contributed by atoms with Crippen molar-refractivity contribution in [2.45, 2.75) is 46.1 Å². The molecule has 0 spiro atoms. The highest BCUT2D eigenvalue weighted by Crippen LogP contribution is 2.39. The number of anilines is 2.